The minimum Gasteiger partial charge on any atom is -0.381 e. The van der Waals surface area contributed by atoms with Crippen molar-refractivity contribution in [3.63, 3.8) is 0 Å². The van der Waals surface area contributed by atoms with E-state index in [2.05, 4.69) is 0 Å². The second-order valence-corrected chi connectivity index (χ2v) is 3.86. The van der Waals surface area contributed by atoms with E-state index in [0.29, 0.717) is 0 Å². The van der Waals surface area contributed by atoms with Gasteiger partial charge in [0.25, 0.3) is 0 Å². The summed E-state index contributed by atoms with van der Waals surface area (Å²) >= 11 is 0. The van der Waals surface area contributed by atoms with Gasteiger partial charge in [-0.15, -0.1) is 0 Å². The van der Waals surface area contributed by atoms with Gasteiger partial charge in [0.15, 0.2) is 0 Å². The summed E-state index contributed by atoms with van der Waals surface area (Å²) in [4.78, 5) is 0. The van der Waals surface area contributed by atoms with Gasteiger partial charge in [-0.2, -0.15) is 0 Å². The highest BCUT2D eigenvalue weighted by Crippen LogP contribution is 1.98. The molecule has 0 aromatic rings. The topological polar surface area (TPSA) is 36.9 Å². The fourth-order valence-electron chi connectivity index (χ4n) is 1.46. The molecule has 0 atom stereocenters. The van der Waals surface area contributed by atoms with Crippen LogP contribution in [0, 0.1) is 0 Å². The van der Waals surface area contributed by atoms with Crippen LogP contribution in [0.3, 0.4) is 0 Å². The summed E-state index contributed by atoms with van der Waals surface area (Å²) in [7, 11) is 0. The first kappa shape index (κ1) is 13.9. The summed E-state index contributed by atoms with van der Waals surface area (Å²) in [6, 6.07) is 0. The van der Waals surface area contributed by atoms with E-state index in [0.717, 1.165) is 52.9 Å². The fraction of sp³-hybridized carbons (Fsp3) is 1.00. The molecule has 0 bridgehead atoms. The molecule has 3 aliphatic rings. The monoisotopic (exact) mass is 232 g/mol. The Morgan fingerprint density at radius 3 is 0.688 bits per heavy atom. The largest absolute Gasteiger partial charge is 0.381 e. The van der Waals surface area contributed by atoms with Gasteiger partial charge in [0.05, 0.1) is 26.4 Å². The molecular weight excluding hydrogens is 208 g/mol. The second-order valence-electron chi connectivity index (χ2n) is 3.86. The van der Waals surface area contributed by atoms with Gasteiger partial charge >= 0.3 is 0 Å². The van der Waals surface area contributed by atoms with Crippen molar-refractivity contribution >= 4 is 0 Å². The maximum Gasteiger partial charge on any atom is 0.0701 e. The molecule has 0 unspecified atom stereocenters. The zero-order valence-corrected chi connectivity index (χ0v) is 10.1. The standard InChI is InChI=1S/C4H8O2.2C4H8O/c1-2-6-4-3-5-1;2*1-2-4-5-3-1/h1-4H2;2*1-4H2. The zero-order chi connectivity index (χ0) is 11.3. The Hall–Kier alpha value is -0.160. The Morgan fingerprint density at radius 1 is 0.312 bits per heavy atom. The van der Waals surface area contributed by atoms with Gasteiger partial charge in [-0.3, -0.25) is 0 Å². The molecule has 16 heavy (non-hydrogen) atoms. The van der Waals surface area contributed by atoms with Crippen LogP contribution >= 0.6 is 0 Å². The molecule has 0 aromatic heterocycles. The molecule has 0 aromatic carbocycles. The number of rotatable bonds is 0. The molecule has 3 heterocycles. The average Bonchev–Trinajstić information content (AvgIpc) is 3.10. The Bertz CT molecular complexity index is 92.3. The van der Waals surface area contributed by atoms with Gasteiger partial charge < -0.3 is 18.9 Å². The normalized spacial score (nSPS) is 24.0. The van der Waals surface area contributed by atoms with Crippen molar-refractivity contribution in [1.29, 1.82) is 0 Å². The first-order valence-electron chi connectivity index (χ1n) is 6.31. The summed E-state index contributed by atoms with van der Waals surface area (Å²) in [5.74, 6) is 0. The van der Waals surface area contributed by atoms with Crippen molar-refractivity contribution in [3.05, 3.63) is 0 Å². The van der Waals surface area contributed by atoms with Crippen molar-refractivity contribution in [1.82, 2.24) is 0 Å². The minimum absolute atomic E-state index is 0.778. The highest BCUT2D eigenvalue weighted by molar-refractivity contribution is 4.44. The summed E-state index contributed by atoms with van der Waals surface area (Å²) in [6.07, 6.45) is 5.11. The predicted octanol–water partition coefficient (Wildman–Crippen LogP) is 1.63. The van der Waals surface area contributed by atoms with E-state index in [4.69, 9.17) is 18.9 Å². The van der Waals surface area contributed by atoms with Gasteiger partial charge in [-0.05, 0) is 25.7 Å². The van der Waals surface area contributed by atoms with Crippen LogP contribution in [-0.2, 0) is 18.9 Å². The van der Waals surface area contributed by atoms with E-state index in [1.807, 2.05) is 0 Å². The summed E-state index contributed by atoms with van der Waals surface area (Å²) in [5, 5.41) is 0. The van der Waals surface area contributed by atoms with Crippen LogP contribution in [0.1, 0.15) is 25.7 Å². The Labute approximate surface area is 98.2 Å². The third-order valence-electron chi connectivity index (χ3n) is 2.40. The van der Waals surface area contributed by atoms with Crippen LogP contribution in [0.4, 0.5) is 0 Å². The van der Waals surface area contributed by atoms with Gasteiger partial charge in [-0.25, -0.2) is 0 Å². The van der Waals surface area contributed by atoms with Crippen LogP contribution < -0.4 is 0 Å². The van der Waals surface area contributed by atoms with Gasteiger partial charge in [0.1, 0.15) is 0 Å². The zero-order valence-electron chi connectivity index (χ0n) is 10.1. The molecule has 3 saturated heterocycles. The van der Waals surface area contributed by atoms with Crippen molar-refractivity contribution in [2.24, 2.45) is 0 Å². The Balaban J connectivity index is 0.000000121. The molecule has 0 saturated carbocycles. The van der Waals surface area contributed by atoms with Gasteiger partial charge in [-0.1, -0.05) is 0 Å². The summed E-state index contributed by atoms with van der Waals surface area (Å²) in [5.41, 5.74) is 0. The van der Waals surface area contributed by atoms with Crippen LogP contribution in [0.15, 0.2) is 0 Å². The van der Waals surface area contributed by atoms with E-state index >= 15 is 0 Å². The number of hydrogen-bond acceptors (Lipinski definition) is 4. The van der Waals surface area contributed by atoms with Crippen molar-refractivity contribution < 1.29 is 18.9 Å². The van der Waals surface area contributed by atoms with Crippen molar-refractivity contribution in [2.75, 3.05) is 52.9 Å². The summed E-state index contributed by atoms with van der Waals surface area (Å²) in [6.45, 7) is 7.11. The van der Waals surface area contributed by atoms with E-state index in [-0.39, 0.29) is 0 Å². The van der Waals surface area contributed by atoms with E-state index in [1.165, 1.54) is 25.7 Å². The van der Waals surface area contributed by atoms with Crippen LogP contribution in [0.5, 0.6) is 0 Å². The molecular formula is C12H24O4. The predicted molar refractivity (Wildman–Crippen MR) is 61.7 cm³/mol. The number of ether oxygens (including phenoxy) is 4. The molecule has 0 aliphatic carbocycles. The van der Waals surface area contributed by atoms with E-state index in [9.17, 15) is 0 Å². The average molecular weight is 232 g/mol. The molecule has 0 spiro atoms. The summed E-state index contributed by atoms with van der Waals surface area (Å²) < 4.78 is 19.8. The molecule has 0 radical (unpaired) electrons. The Kier molecular flexibility index (Phi) is 9.84. The maximum absolute atomic E-state index is 4.94. The third-order valence-corrected chi connectivity index (χ3v) is 2.40. The lowest BCUT2D eigenvalue weighted by Gasteiger charge is -2.09. The lowest BCUT2D eigenvalue weighted by Crippen LogP contribution is -2.16. The van der Waals surface area contributed by atoms with Gasteiger partial charge in [0, 0.05) is 26.4 Å². The van der Waals surface area contributed by atoms with Crippen molar-refractivity contribution in [3.8, 4) is 0 Å². The molecule has 0 amide bonds. The lowest BCUT2D eigenvalue weighted by atomic mass is 10.4. The van der Waals surface area contributed by atoms with Crippen molar-refractivity contribution in [2.45, 2.75) is 25.7 Å². The lowest BCUT2D eigenvalue weighted by molar-refractivity contribution is -0.0334. The molecule has 4 heteroatoms. The quantitative estimate of drug-likeness (QED) is 0.636. The first-order valence-corrected chi connectivity index (χ1v) is 6.31. The van der Waals surface area contributed by atoms with Crippen LogP contribution in [0.25, 0.3) is 0 Å². The molecule has 0 N–H and O–H groups in total. The Morgan fingerprint density at radius 2 is 0.562 bits per heavy atom. The highest BCUT2D eigenvalue weighted by atomic mass is 16.6. The third kappa shape index (κ3) is 9.09. The second kappa shape index (κ2) is 11.3. The van der Waals surface area contributed by atoms with E-state index in [1.54, 1.807) is 0 Å². The minimum atomic E-state index is 0.778. The molecule has 96 valence electrons. The van der Waals surface area contributed by atoms with Crippen LogP contribution in [-0.4, -0.2) is 52.9 Å². The molecule has 4 nitrogen and oxygen atoms in total. The molecule has 3 rings (SSSR count). The number of hydrogen-bond donors (Lipinski definition) is 0. The van der Waals surface area contributed by atoms with E-state index < -0.39 is 0 Å². The SMILES string of the molecule is C1CCOC1.C1CCOC1.C1COCCO1. The first-order chi connectivity index (χ1) is 8.00. The van der Waals surface area contributed by atoms with Gasteiger partial charge in [0.2, 0.25) is 0 Å². The van der Waals surface area contributed by atoms with Crippen LogP contribution in [0.2, 0.25) is 0 Å². The molecule has 3 fully saturated rings. The fourth-order valence-corrected chi connectivity index (χ4v) is 1.46. The maximum atomic E-state index is 4.94. The highest BCUT2D eigenvalue weighted by Gasteiger charge is 1.95. The molecule has 3 aliphatic heterocycles. The smallest absolute Gasteiger partial charge is 0.0701 e.